The van der Waals surface area contributed by atoms with Crippen LogP contribution in [0.5, 0.6) is 0 Å². The maximum absolute atomic E-state index is 4.97. The topological polar surface area (TPSA) is 0 Å². The maximum atomic E-state index is 4.97. The van der Waals surface area contributed by atoms with Crippen molar-refractivity contribution in [1.29, 1.82) is 0 Å². The van der Waals surface area contributed by atoms with Crippen molar-refractivity contribution in [2.24, 2.45) is 0 Å². The molecule has 0 saturated carbocycles. The highest BCUT2D eigenvalue weighted by Crippen LogP contribution is 1.67. The minimum Gasteiger partial charge on any atom is -0.136 e. The summed E-state index contributed by atoms with van der Waals surface area (Å²) in [5.41, 5.74) is 0. The highest BCUT2D eigenvalue weighted by molar-refractivity contribution is 6.18. The Bertz CT molecular complexity index is 31.9. The van der Waals surface area contributed by atoms with Gasteiger partial charge in [-0.2, -0.15) is 0 Å². The van der Waals surface area contributed by atoms with E-state index in [9.17, 15) is 0 Å². The number of hydrogen-bond donors (Lipinski definition) is 0. The van der Waals surface area contributed by atoms with E-state index in [2.05, 4.69) is 0 Å². The van der Waals surface area contributed by atoms with Gasteiger partial charge in [0.2, 0.25) is 0 Å². The lowest BCUT2D eigenvalue weighted by Crippen LogP contribution is -1.55. The van der Waals surface area contributed by atoms with Crippen LogP contribution in [-0.2, 0) is 0 Å². The minimum absolute atomic E-state index is 0.538. The zero-order chi connectivity index (χ0) is 4.12. The van der Waals surface area contributed by atoms with Gasteiger partial charge in [-0.15, -0.1) is 12.1 Å². The second-order valence-electron chi connectivity index (χ2n) is 0.664. The molecule has 0 aliphatic heterocycles. The van der Waals surface area contributed by atoms with Gasteiger partial charge in [0.1, 0.15) is 7.85 Å². The molecule has 5 heavy (non-hydrogen) atoms. The molecule has 0 aromatic heterocycles. The molecule has 0 aliphatic carbocycles. The molecule has 0 atom stereocenters. The predicted octanol–water partition coefficient (Wildman–Crippen LogP) is 0.255. The van der Waals surface area contributed by atoms with Gasteiger partial charge in [0, 0.05) is 0 Å². The highest BCUT2D eigenvalue weighted by atomic mass is 13.4. The summed E-state index contributed by atoms with van der Waals surface area (Å²) < 4.78 is 0. The minimum atomic E-state index is 0.538. The molecule has 4 radical (unpaired) electrons. The van der Waals surface area contributed by atoms with Crippen LogP contribution in [-0.4, -0.2) is 15.7 Å². The van der Waals surface area contributed by atoms with E-state index in [0.717, 1.165) is 0 Å². The first-order valence-electron chi connectivity index (χ1n) is 1.48. The quantitative estimate of drug-likeness (QED) is 0.382. The summed E-state index contributed by atoms with van der Waals surface area (Å²) >= 11 is 0. The molecule has 0 aromatic rings. The van der Waals surface area contributed by atoms with E-state index in [1.165, 1.54) is 5.98 Å². The van der Waals surface area contributed by atoms with Gasteiger partial charge in [0.05, 0.1) is 7.85 Å². The van der Waals surface area contributed by atoms with Crippen molar-refractivity contribution in [3.05, 3.63) is 12.1 Å². The Kier molecular flexibility index (Phi) is 3.77. The average Bonchev–Trinajstić information content (AvgIpc) is 1.41. The SMILES string of the molecule is [B]/C=C/C[B]. The fourth-order valence-electron chi connectivity index (χ4n) is 0.0786. The Labute approximate surface area is 35.1 Å². The summed E-state index contributed by atoms with van der Waals surface area (Å²) in [5.74, 6) is 1.43. The molecule has 2 heteroatoms. The van der Waals surface area contributed by atoms with Crippen LogP contribution in [0.2, 0.25) is 6.32 Å². The van der Waals surface area contributed by atoms with Gasteiger partial charge in [-0.25, -0.2) is 0 Å². The standard InChI is InChI=1S/C3H4B2/c4-2-1-3-5/h1-2H,3H2/b2-1+. The summed E-state index contributed by atoms with van der Waals surface area (Å²) in [4.78, 5) is 0. The lowest BCUT2D eigenvalue weighted by Gasteiger charge is -1.65. The highest BCUT2D eigenvalue weighted by Gasteiger charge is 1.52. The second-order valence-corrected chi connectivity index (χ2v) is 0.664. The first kappa shape index (κ1) is 4.87. The normalized spacial score (nSPS) is 9.60. The third-order valence-electron chi connectivity index (χ3n) is 0.272. The molecule has 0 spiro atoms. The molecule has 0 rings (SSSR count). The molecule has 0 unspecified atom stereocenters. The van der Waals surface area contributed by atoms with Crippen molar-refractivity contribution >= 4 is 15.7 Å². The molecule has 22 valence electrons. The molecule has 0 bridgehead atoms. The molecule has 0 aliphatic rings. The zero-order valence-corrected chi connectivity index (χ0v) is 3.02. The summed E-state index contributed by atoms with van der Waals surface area (Å²) in [6.07, 6.45) is 2.22. The van der Waals surface area contributed by atoms with Crippen LogP contribution in [0, 0.1) is 0 Å². The first-order chi connectivity index (χ1) is 2.41. The van der Waals surface area contributed by atoms with Gasteiger partial charge in [0.25, 0.3) is 0 Å². The van der Waals surface area contributed by atoms with Crippen LogP contribution in [0.1, 0.15) is 0 Å². The van der Waals surface area contributed by atoms with E-state index >= 15 is 0 Å². The third kappa shape index (κ3) is 3.87. The predicted molar refractivity (Wildman–Crippen MR) is 25.5 cm³/mol. The van der Waals surface area contributed by atoms with Gasteiger partial charge < -0.3 is 0 Å². The summed E-state index contributed by atoms with van der Waals surface area (Å²) in [5, 5.41) is 0. The van der Waals surface area contributed by atoms with E-state index in [4.69, 9.17) is 15.7 Å². The number of rotatable bonds is 1. The van der Waals surface area contributed by atoms with E-state index < -0.39 is 0 Å². The number of allylic oxidation sites excluding steroid dienone is 1. The number of hydrogen-bond acceptors (Lipinski definition) is 0. The fourth-order valence-corrected chi connectivity index (χ4v) is 0.0786. The Hall–Kier alpha value is -0.130. The van der Waals surface area contributed by atoms with E-state index in [1.807, 2.05) is 0 Å². The van der Waals surface area contributed by atoms with Crippen molar-refractivity contribution in [1.82, 2.24) is 0 Å². The third-order valence-corrected chi connectivity index (χ3v) is 0.272. The Morgan fingerprint density at radius 3 is 2.20 bits per heavy atom. The Morgan fingerprint density at radius 1 is 1.60 bits per heavy atom. The van der Waals surface area contributed by atoms with E-state index in [-0.39, 0.29) is 0 Å². The molecule has 0 heterocycles. The maximum Gasteiger partial charge on any atom is 0.102 e. The summed E-state index contributed by atoms with van der Waals surface area (Å²) in [7, 11) is 9.85. The van der Waals surface area contributed by atoms with Crippen molar-refractivity contribution < 1.29 is 0 Å². The Morgan fingerprint density at radius 2 is 2.20 bits per heavy atom. The summed E-state index contributed by atoms with van der Waals surface area (Å²) in [6.45, 7) is 0. The molecular formula is C3H4B2. The van der Waals surface area contributed by atoms with Gasteiger partial charge in [-0.3, -0.25) is 0 Å². The molecule has 0 saturated heterocycles. The monoisotopic (exact) mass is 62.0 g/mol. The molecule has 0 nitrogen and oxygen atoms in total. The van der Waals surface area contributed by atoms with Crippen molar-refractivity contribution in [3.8, 4) is 0 Å². The van der Waals surface area contributed by atoms with Gasteiger partial charge in [-0.05, 0) is 0 Å². The van der Waals surface area contributed by atoms with Crippen LogP contribution in [0.25, 0.3) is 0 Å². The molecule has 0 amide bonds. The van der Waals surface area contributed by atoms with E-state index in [1.54, 1.807) is 6.08 Å². The van der Waals surface area contributed by atoms with Crippen molar-refractivity contribution in [2.75, 3.05) is 0 Å². The molecule has 0 fully saturated rings. The first-order valence-corrected chi connectivity index (χ1v) is 1.48. The van der Waals surface area contributed by atoms with Gasteiger partial charge >= 0.3 is 0 Å². The largest absolute Gasteiger partial charge is 0.136 e. The van der Waals surface area contributed by atoms with Crippen LogP contribution in [0.4, 0.5) is 0 Å². The van der Waals surface area contributed by atoms with Gasteiger partial charge in [-0.1, -0.05) is 6.32 Å². The van der Waals surface area contributed by atoms with Gasteiger partial charge in [0.15, 0.2) is 0 Å². The van der Waals surface area contributed by atoms with Crippen molar-refractivity contribution in [3.63, 3.8) is 0 Å². The van der Waals surface area contributed by atoms with Crippen LogP contribution in [0.3, 0.4) is 0 Å². The smallest absolute Gasteiger partial charge is 0.102 e. The second kappa shape index (κ2) is 3.87. The average molecular weight is 61.7 g/mol. The van der Waals surface area contributed by atoms with Crippen molar-refractivity contribution in [2.45, 2.75) is 6.32 Å². The van der Waals surface area contributed by atoms with Crippen LogP contribution < -0.4 is 0 Å². The molecule has 0 aromatic carbocycles. The van der Waals surface area contributed by atoms with Crippen LogP contribution >= 0.6 is 0 Å². The fraction of sp³-hybridized carbons (Fsp3) is 0.333. The lowest BCUT2D eigenvalue weighted by molar-refractivity contribution is 1.75. The van der Waals surface area contributed by atoms with Crippen LogP contribution in [0.15, 0.2) is 12.1 Å². The zero-order valence-electron chi connectivity index (χ0n) is 3.02. The molecule has 0 N–H and O–H groups in total. The summed E-state index contributed by atoms with van der Waals surface area (Å²) in [6, 6.07) is 0. The lowest BCUT2D eigenvalue weighted by atomic mass is 10.0. The van der Waals surface area contributed by atoms with E-state index in [0.29, 0.717) is 6.32 Å². The Balaban J connectivity index is 2.62. The molecular weight excluding hydrogens is 57.7 g/mol.